The molecule has 0 radical (unpaired) electrons. The Hall–Kier alpha value is -3.54. The lowest BCUT2D eigenvalue weighted by Crippen LogP contribution is -2.37. The quantitative estimate of drug-likeness (QED) is 0.146. The van der Waals surface area contributed by atoms with E-state index >= 15 is 0 Å². The maximum atomic E-state index is 12.6. The number of esters is 1. The molecule has 1 aromatic carbocycles. The fourth-order valence-corrected chi connectivity index (χ4v) is 2.83. The van der Waals surface area contributed by atoms with Crippen molar-refractivity contribution in [3.63, 3.8) is 0 Å². The van der Waals surface area contributed by atoms with Crippen LogP contribution in [0, 0.1) is 0 Å². The summed E-state index contributed by atoms with van der Waals surface area (Å²) in [4.78, 5) is 49.4. The van der Waals surface area contributed by atoms with Crippen molar-refractivity contribution in [2.24, 2.45) is 5.73 Å². The van der Waals surface area contributed by atoms with Crippen molar-refractivity contribution in [3.05, 3.63) is 23.8 Å². The zero-order valence-electron chi connectivity index (χ0n) is 26.5. The number of carbonyl (C=O) groups excluding carboxylic acids is 4. The highest BCUT2D eigenvalue weighted by molar-refractivity contribution is 5.76. The second-order valence-electron chi connectivity index (χ2n) is 11.8. The van der Waals surface area contributed by atoms with Gasteiger partial charge in [-0.2, -0.15) is 0 Å². The standard InChI is InChI=1S/C30H47NO11/c1-11-28(5,6)40-25(33)36-18-19(4)37-24(32)21(31)16-20-14-15-22(38-26(34)41-29(7,8)12-2)23(17-20)39-27(35)42-30(9,10)13-3/h14-15,17,19,21H,11-13,16,18,31H2,1-10H3/t19-,21-/m0/s1. The molecule has 0 aliphatic rings. The van der Waals surface area contributed by atoms with E-state index in [4.69, 9.17) is 38.9 Å². The third-order valence-electron chi connectivity index (χ3n) is 6.54. The van der Waals surface area contributed by atoms with Gasteiger partial charge in [-0.3, -0.25) is 4.79 Å². The Morgan fingerprint density at radius 1 is 0.738 bits per heavy atom. The molecule has 1 rings (SSSR count). The van der Waals surface area contributed by atoms with Gasteiger partial charge in [0.1, 0.15) is 35.6 Å². The van der Waals surface area contributed by atoms with Gasteiger partial charge in [-0.05, 0) is 91.8 Å². The van der Waals surface area contributed by atoms with Gasteiger partial charge >= 0.3 is 24.4 Å². The molecule has 0 aliphatic heterocycles. The highest BCUT2D eigenvalue weighted by Gasteiger charge is 2.27. The molecule has 0 saturated carbocycles. The van der Waals surface area contributed by atoms with Crippen molar-refractivity contribution in [3.8, 4) is 11.5 Å². The molecule has 0 bridgehead atoms. The topological polar surface area (TPSA) is 159 Å². The first-order valence-corrected chi connectivity index (χ1v) is 14.1. The molecule has 2 N–H and O–H groups in total. The van der Waals surface area contributed by atoms with Crippen molar-refractivity contribution in [2.45, 2.75) is 124 Å². The molecule has 0 aromatic heterocycles. The minimum atomic E-state index is -1.11. The smallest absolute Gasteiger partial charge is 0.458 e. The molecule has 12 nitrogen and oxygen atoms in total. The summed E-state index contributed by atoms with van der Waals surface area (Å²) in [5.41, 5.74) is 4.29. The predicted octanol–water partition coefficient (Wildman–Crippen LogP) is 6.24. The number of carbonyl (C=O) groups is 4. The molecule has 1 aromatic rings. The minimum absolute atomic E-state index is 0.0153. The number of ether oxygens (including phenoxy) is 7. The monoisotopic (exact) mass is 597 g/mol. The molecule has 0 saturated heterocycles. The van der Waals surface area contributed by atoms with Crippen LogP contribution in [0.1, 0.15) is 94.1 Å². The van der Waals surface area contributed by atoms with Crippen LogP contribution in [0.3, 0.4) is 0 Å². The van der Waals surface area contributed by atoms with Crippen molar-refractivity contribution < 1.29 is 52.3 Å². The number of hydrogen-bond donors (Lipinski definition) is 1. The average molecular weight is 598 g/mol. The van der Waals surface area contributed by atoms with Crippen LogP contribution in [0.2, 0.25) is 0 Å². The summed E-state index contributed by atoms with van der Waals surface area (Å²) >= 11 is 0. The summed E-state index contributed by atoms with van der Waals surface area (Å²) < 4.78 is 36.9. The van der Waals surface area contributed by atoms with Gasteiger partial charge in [0.15, 0.2) is 11.5 Å². The Bertz CT molecular complexity index is 1080. The second-order valence-corrected chi connectivity index (χ2v) is 11.8. The van der Waals surface area contributed by atoms with E-state index in [1.165, 1.54) is 12.1 Å². The molecule has 12 heteroatoms. The van der Waals surface area contributed by atoms with Gasteiger partial charge in [0, 0.05) is 0 Å². The fraction of sp³-hybridized carbons (Fsp3) is 0.667. The first-order chi connectivity index (χ1) is 19.3. The van der Waals surface area contributed by atoms with Crippen molar-refractivity contribution in [1.29, 1.82) is 0 Å². The van der Waals surface area contributed by atoms with Gasteiger partial charge < -0.3 is 38.9 Å². The molecular weight excluding hydrogens is 550 g/mol. The van der Waals surface area contributed by atoms with E-state index in [1.54, 1.807) is 54.5 Å². The van der Waals surface area contributed by atoms with Crippen LogP contribution in [0.4, 0.5) is 14.4 Å². The van der Waals surface area contributed by atoms with Gasteiger partial charge in [-0.25, -0.2) is 14.4 Å². The summed E-state index contributed by atoms with van der Waals surface area (Å²) in [5, 5.41) is 0. The van der Waals surface area contributed by atoms with Crippen LogP contribution in [0.5, 0.6) is 11.5 Å². The van der Waals surface area contributed by atoms with Crippen molar-refractivity contribution in [1.82, 2.24) is 0 Å². The van der Waals surface area contributed by atoms with Gasteiger partial charge in [0.05, 0.1) is 0 Å². The summed E-state index contributed by atoms with van der Waals surface area (Å²) in [6.07, 6.45) is -1.99. The van der Waals surface area contributed by atoms with Crippen molar-refractivity contribution in [2.75, 3.05) is 6.61 Å². The summed E-state index contributed by atoms with van der Waals surface area (Å²) in [5.74, 6) is -0.973. The summed E-state index contributed by atoms with van der Waals surface area (Å²) in [7, 11) is 0. The third-order valence-corrected chi connectivity index (χ3v) is 6.54. The van der Waals surface area contributed by atoms with Crippen LogP contribution in [-0.2, 0) is 34.9 Å². The molecule has 0 spiro atoms. The number of rotatable bonds is 14. The molecule has 0 unspecified atom stereocenters. The lowest BCUT2D eigenvalue weighted by atomic mass is 10.1. The van der Waals surface area contributed by atoms with E-state index in [9.17, 15) is 19.2 Å². The van der Waals surface area contributed by atoms with Crippen LogP contribution in [0.25, 0.3) is 0 Å². The molecule has 0 aliphatic carbocycles. The lowest BCUT2D eigenvalue weighted by Gasteiger charge is -2.24. The van der Waals surface area contributed by atoms with Gasteiger partial charge in [0.2, 0.25) is 0 Å². The van der Waals surface area contributed by atoms with Crippen LogP contribution in [-0.4, -0.2) is 60.0 Å². The zero-order valence-corrected chi connectivity index (χ0v) is 26.5. The maximum Gasteiger partial charge on any atom is 0.514 e. The Morgan fingerprint density at radius 2 is 1.19 bits per heavy atom. The lowest BCUT2D eigenvalue weighted by molar-refractivity contribution is -0.152. The predicted molar refractivity (Wildman–Crippen MR) is 153 cm³/mol. The Balaban J connectivity index is 2.96. The maximum absolute atomic E-state index is 12.6. The van der Waals surface area contributed by atoms with Crippen LogP contribution < -0.4 is 15.2 Å². The Morgan fingerprint density at radius 3 is 1.67 bits per heavy atom. The van der Waals surface area contributed by atoms with E-state index < -0.39 is 53.4 Å². The molecular formula is C30H47NO11. The zero-order chi connectivity index (χ0) is 32.3. The summed E-state index contributed by atoms with van der Waals surface area (Å²) in [6.45, 7) is 17.3. The van der Waals surface area contributed by atoms with E-state index in [0.29, 0.717) is 24.8 Å². The number of nitrogens with two attached hydrogens (primary N) is 1. The molecule has 0 heterocycles. The summed E-state index contributed by atoms with van der Waals surface area (Å²) in [6, 6.07) is 3.23. The van der Waals surface area contributed by atoms with E-state index in [1.807, 2.05) is 20.8 Å². The Kier molecular flexibility index (Phi) is 13.6. The fourth-order valence-electron chi connectivity index (χ4n) is 2.83. The highest BCUT2D eigenvalue weighted by Crippen LogP contribution is 2.31. The number of benzene rings is 1. The van der Waals surface area contributed by atoms with Gasteiger partial charge in [-0.1, -0.05) is 26.8 Å². The Labute approximate surface area is 248 Å². The minimum Gasteiger partial charge on any atom is -0.458 e. The molecule has 2 atom stereocenters. The van der Waals surface area contributed by atoms with Gasteiger partial charge in [0.25, 0.3) is 0 Å². The number of hydrogen-bond acceptors (Lipinski definition) is 12. The van der Waals surface area contributed by atoms with E-state index in [-0.39, 0.29) is 24.5 Å². The first kappa shape index (κ1) is 36.5. The third kappa shape index (κ3) is 13.4. The molecule has 42 heavy (non-hydrogen) atoms. The van der Waals surface area contributed by atoms with Crippen molar-refractivity contribution >= 4 is 24.4 Å². The largest absolute Gasteiger partial charge is 0.514 e. The SMILES string of the molecule is CCC(C)(C)OC(=O)OC[C@H](C)OC(=O)[C@@H](N)Cc1ccc(OC(=O)OC(C)(C)CC)c(OC(=O)OC(C)(C)CC)c1. The second kappa shape index (κ2) is 15.6. The van der Waals surface area contributed by atoms with Crippen LogP contribution in [0.15, 0.2) is 18.2 Å². The van der Waals surface area contributed by atoms with E-state index in [2.05, 4.69) is 0 Å². The molecule has 0 amide bonds. The normalized spacial score (nSPS) is 13.3. The highest BCUT2D eigenvalue weighted by atomic mass is 16.8. The average Bonchev–Trinajstić information content (AvgIpc) is 2.88. The van der Waals surface area contributed by atoms with E-state index in [0.717, 1.165) is 0 Å². The first-order valence-electron chi connectivity index (χ1n) is 14.1. The molecule has 0 fully saturated rings. The van der Waals surface area contributed by atoms with Gasteiger partial charge in [-0.15, -0.1) is 0 Å². The van der Waals surface area contributed by atoms with Crippen LogP contribution >= 0.6 is 0 Å². The molecule has 238 valence electrons.